The van der Waals surface area contributed by atoms with Gasteiger partial charge < -0.3 is 34.2 Å². The molecule has 3 rings (SSSR count). The van der Waals surface area contributed by atoms with Crippen LogP contribution in [0.3, 0.4) is 0 Å². The van der Waals surface area contributed by atoms with E-state index in [2.05, 4.69) is 20.3 Å². The summed E-state index contributed by atoms with van der Waals surface area (Å²) in [5.41, 5.74) is 1.50. The number of nitrogens with zero attached hydrogens (tertiary/aromatic N) is 1. The minimum atomic E-state index is -0.623. The third-order valence-electron chi connectivity index (χ3n) is 4.61. The Morgan fingerprint density at radius 1 is 1.12 bits per heavy atom. The first-order valence-corrected chi connectivity index (χ1v) is 9.98. The Balaban J connectivity index is 2.11. The standard InChI is InChI=1S/C21H23ClN4O6/c1-5-32-21(28)16-15(22)14(11-6-7-13(29-2)18(31-4)17(11)30-3)12(26-16)10-25-20(27)19-23-8-9-24-19/h6-9,26H,5,10H2,1-4H3,(H,23,24)(H,25,27). The molecular formula is C21H23ClN4O6. The summed E-state index contributed by atoms with van der Waals surface area (Å²) in [6, 6.07) is 3.41. The van der Waals surface area contributed by atoms with Crippen molar-refractivity contribution < 1.29 is 28.5 Å². The number of halogens is 1. The zero-order valence-electron chi connectivity index (χ0n) is 18.0. The molecule has 0 unspecified atom stereocenters. The van der Waals surface area contributed by atoms with Crippen molar-refractivity contribution >= 4 is 23.5 Å². The first-order valence-electron chi connectivity index (χ1n) is 9.61. The number of aromatic nitrogens is 3. The first kappa shape index (κ1) is 23.0. The number of ether oxygens (including phenoxy) is 4. The molecule has 0 fully saturated rings. The highest BCUT2D eigenvalue weighted by molar-refractivity contribution is 6.36. The Hall–Kier alpha value is -3.66. The minimum absolute atomic E-state index is 0.0193. The van der Waals surface area contributed by atoms with Crippen LogP contribution in [0, 0.1) is 0 Å². The molecule has 0 aliphatic rings. The summed E-state index contributed by atoms with van der Waals surface area (Å²) in [5, 5.41) is 2.86. The molecule has 3 aromatic rings. The lowest BCUT2D eigenvalue weighted by molar-refractivity contribution is 0.0520. The molecule has 0 aliphatic heterocycles. The lowest BCUT2D eigenvalue weighted by Crippen LogP contribution is -2.24. The lowest BCUT2D eigenvalue weighted by Gasteiger charge is -2.16. The molecule has 0 saturated heterocycles. The van der Waals surface area contributed by atoms with Crippen LogP contribution < -0.4 is 19.5 Å². The minimum Gasteiger partial charge on any atom is -0.493 e. The zero-order valence-corrected chi connectivity index (χ0v) is 18.8. The van der Waals surface area contributed by atoms with Gasteiger partial charge in [0.25, 0.3) is 5.91 Å². The molecule has 11 heteroatoms. The summed E-state index contributed by atoms with van der Waals surface area (Å²) in [6.45, 7) is 1.89. The number of benzene rings is 1. The number of carbonyl (C=O) groups is 2. The fourth-order valence-electron chi connectivity index (χ4n) is 3.22. The second kappa shape index (κ2) is 10.1. The summed E-state index contributed by atoms with van der Waals surface area (Å²) >= 11 is 6.62. The van der Waals surface area contributed by atoms with Crippen molar-refractivity contribution in [3.63, 3.8) is 0 Å². The van der Waals surface area contributed by atoms with E-state index >= 15 is 0 Å². The summed E-state index contributed by atoms with van der Waals surface area (Å²) in [6.07, 6.45) is 3.01. The van der Waals surface area contributed by atoms with Crippen molar-refractivity contribution in [1.29, 1.82) is 0 Å². The number of aromatic amines is 2. The van der Waals surface area contributed by atoms with Crippen molar-refractivity contribution in [3.05, 3.63) is 46.8 Å². The number of hydrogen-bond acceptors (Lipinski definition) is 7. The van der Waals surface area contributed by atoms with Crippen molar-refractivity contribution in [3.8, 4) is 28.4 Å². The fourth-order valence-corrected chi connectivity index (χ4v) is 3.56. The Kier molecular flexibility index (Phi) is 7.26. The van der Waals surface area contributed by atoms with Gasteiger partial charge in [0.2, 0.25) is 5.75 Å². The molecule has 0 bridgehead atoms. The largest absolute Gasteiger partial charge is 0.493 e. The van der Waals surface area contributed by atoms with Gasteiger partial charge in [-0.05, 0) is 19.1 Å². The maximum Gasteiger partial charge on any atom is 0.356 e. The van der Waals surface area contributed by atoms with E-state index in [0.717, 1.165) is 0 Å². The van der Waals surface area contributed by atoms with Gasteiger partial charge in [-0.1, -0.05) is 11.6 Å². The zero-order chi connectivity index (χ0) is 23.3. The number of esters is 1. The molecule has 0 spiro atoms. The third kappa shape index (κ3) is 4.35. The molecule has 1 aromatic carbocycles. The number of H-pyrrole nitrogens is 2. The van der Waals surface area contributed by atoms with Crippen molar-refractivity contribution in [2.24, 2.45) is 0 Å². The van der Waals surface area contributed by atoms with E-state index in [9.17, 15) is 9.59 Å². The van der Waals surface area contributed by atoms with E-state index in [4.69, 9.17) is 30.5 Å². The molecule has 0 aliphatic carbocycles. The second-order valence-corrected chi connectivity index (χ2v) is 6.77. The predicted molar refractivity (Wildman–Crippen MR) is 117 cm³/mol. The van der Waals surface area contributed by atoms with E-state index < -0.39 is 11.9 Å². The Morgan fingerprint density at radius 3 is 2.47 bits per heavy atom. The van der Waals surface area contributed by atoms with Crippen LogP contribution in [0.2, 0.25) is 5.02 Å². The Morgan fingerprint density at radius 2 is 1.88 bits per heavy atom. The fraction of sp³-hybridized carbons (Fsp3) is 0.286. The number of carbonyl (C=O) groups excluding carboxylic acids is 2. The SMILES string of the molecule is CCOC(=O)c1[nH]c(CNC(=O)c2ncc[nH]2)c(-c2ccc(OC)c(OC)c2OC)c1Cl. The van der Waals surface area contributed by atoms with Crippen LogP contribution in [-0.2, 0) is 11.3 Å². The normalized spacial score (nSPS) is 10.5. The number of amides is 1. The molecule has 1 amide bonds. The highest BCUT2D eigenvalue weighted by atomic mass is 35.5. The molecule has 170 valence electrons. The number of methoxy groups -OCH3 is 3. The number of imidazole rings is 1. The maximum atomic E-state index is 12.4. The summed E-state index contributed by atoms with van der Waals surface area (Å²) in [5.74, 6) is 0.261. The first-order chi connectivity index (χ1) is 15.5. The van der Waals surface area contributed by atoms with Gasteiger partial charge in [0, 0.05) is 29.2 Å². The number of nitrogens with one attached hydrogen (secondary N) is 3. The average Bonchev–Trinajstić information content (AvgIpc) is 3.45. The van der Waals surface area contributed by atoms with Crippen molar-refractivity contribution in [2.75, 3.05) is 27.9 Å². The third-order valence-corrected chi connectivity index (χ3v) is 4.99. The lowest BCUT2D eigenvalue weighted by atomic mass is 10.0. The molecule has 0 atom stereocenters. The summed E-state index contributed by atoms with van der Waals surface area (Å²) < 4.78 is 21.5. The van der Waals surface area contributed by atoms with Crippen LogP contribution in [0.5, 0.6) is 17.2 Å². The van der Waals surface area contributed by atoms with Crippen LogP contribution in [0.4, 0.5) is 0 Å². The van der Waals surface area contributed by atoms with E-state index in [1.807, 2.05) is 0 Å². The van der Waals surface area contributed by atoms with Crippen molar-refractivity contribution in [2.45, 2.75) is 13.5 Å². The summed E-state index contributed by atoms with van der Waals surface area (Å²) in [7, 11) is 4.47. The van der Waals surface area contributed by atoms with Crippen LogP contribution in [0.1, 0.15) is 33.7 Å². The Labute approximate surface area is 189 Å². The van der Waals surface area contributed by atoms with Gasteiger partial charge in [0.05, 0.1) is 39.5 Å². The topological polar surface area (TPSA) is 128 Å². The van der Waals surface area contributed by atoms with Gasteiger partial charge in [-0.3, -0.25) is 4.79 Å². The van der Waals surface area contributed by atoms with Gasteiger partial charge in [0.15, 0.2) is 17.3 Å². The van der Waals surface area contributed by atoms with Crippen LogP contribution in [0.15, 0.2) is 24.5 Å². The number of rotatable bonds is 9. The van der Waals surface area contributed by atoms with Gasteiger partial charge in [0.1, 0.15) is 5.69 Å². The van der Waals surface area contributed by atoms with E-state index in [-0.39, 0.29) is 29.7 Å². The second-order valence-electron chi connectivity index (χ2n) is 6.39. The van der Waals surface area contributed by atoms with E-state index in [1.54, 1.807) is 25.3 Å². The smallest absolute Gasteiger partial charge is 0.356 e. The van der Waals surface area contributed by atoms with Gasteiger partial charge in [-0.15, -0.1) is 0 Å². The monoisotopic (exact) mass is 462 g/mol. The van der Waals surface area contributed by atoms with Crippen LogP contribution in [-0.4, -0.2) is 54.8 Å². The van der Waals surface area contributed by atoms with Gasteiger partial charge in [-0.2, -0.15) is 0 Å². The van der Waals surface area contributed by atoms with Gasteiger partial charge >= 0.3 is 5.97 Å². The molecule has 32 heavy (non-hydrogen) atoms. The van der Waals surface area contributed by atoms with E-state index in [1.165, 1.54) is 27.5 Å². The van der Waals surface area contributed by atoms with Crippen molar-refractivity contribution in [1.82, 2.24) is 20.3 Å². The molecule has 2 aromatic heterocycles. The average molecular weight is 463 g/mol. The molecule has 3 N–H and O–H groups in total. The molecule has 10 nitrogen and oxygen atoms in total. The van der Waals surface area contributed by atoms with E-state index in [0.29, 0.717) is 34.1 Å². The highest BCUT2D eigenvalue weighted by Gasteiger charge is 2.27. The quantitative estimate of drug-likeness (QED) is 0.416. The highest BCUT2D eigenvalue weighted by Crippen LogP contribution is 2.47. The molecular weight excluding hydrogens is 440 g/mol. The maximum absolute atomic E-state index is 12.4. The van der Waals surface area contributed by atoms with Crippen LogP contribution in [0.25, 0.3) is 11.1 Å². The molecule has 0 saturated carbocycles. The van der Waals surface area contributed by atoms with Gasteiger partial charge in [-0.25, -0.2) is 9.78 Å². The summed E-state index contributed by atoms with van der Waals surface area (Å²) in [4.78, 5) is 34.4. The van der Waals surface area contributed by atoms with Crippen LogP contribution >= 0.6 is 11.6 Å². The molecule has 0 radical (unpaired) electrons. The molecule has 2 heterocycles. The predicted octanol–water partition coefficient (Wildman–Crippen LogP) is 3.19. The number of hydrogen-bond donors (Lipinski definition) is 3. The Bertz CT molecular complexity index is 1110.